The highest BCUT2D eigenvalue weighted by molar-refractivity contribution is 7.97. The van der Waals surface area contributed by atoms with Crippen molar-refractivity contribution in [3.8, 4) is 0 Å². The Hall–Kier alpha value is -0.240. The molecule has 2 rings (SSSR count). The molecule has 0 amide bonds. The molecular formula is C12H19OS+. The zero-order valence-corrected chi connectivity index (χ0v) is 9.57. The first-order valence-electron chi connectivity index (χ1n) is 5.72. The van der Waals surface area contributed by atoms with E-state index in [1.807, 2.05) is 0 Å². The molecule has 0 atom stereocenters. The Bertz CT molecular complexity index is 239. The van der Waals surface area contributed by atoms with E-state index >= 15 is 0 Å². The second-order valence-corrected chi connectivity index (χ2v) is 6.68. The van der Waals surface area contributed by atoms with Crippen LogP contribution in [-0.2, 0) is 15.7 Å². The average molecular weight is 211 g/mol. The van der Waals surface area contributed by atoms with Crippen molar-refractivity contribution in [1.82, 2.24) is 0 Å². The quantitative estimate of drug-likeness (QED) is 0.655. The van der Waals surface area contributed by atoms with Gasteiger partial charge in [0.15, 0.2) is 5.78 Å². The summed E-state index contributed by atoms with van der Waals surface area (Å²) in [6, 6.07) is 0. The molecule has 1 heterocycles. The molecule has 1 aliphatic heterocycles. The summed E-state index contributed by atoms with van der Waals surface area (Å²) < 4.78 is 0. The predicted octanol–water partition coefficient (Wildman–Crippen LogP) is 2.47. The molecule has 0 saturated carbocycles. The predicted molar refractivity (Wildman–Crippen MR) is 62.8 cm³/mol. The fraction of sp³-hybridized carbons (Fsp3) is 0.750. The third-order valence-electron chi connectivity index (χ3n) is 3.13. The first-order valence-corrected chi connectivity index (χ1v) is 7.46. The van der Waals surface area contributed by atoms with Crippen LogP contribution in [-0.4, -0.2) is 23.0 Å². The molecule has 0 bridgehead atoms. The van der Waals surface area contributed by atoms with Gasteiger partial charge in [-0.25, -0.2) is 0 Å². The lowest BCUT2D eigenvalue weighted by Crippen LogP contribution is -2.14. The molecule has 78 valence electrons. The summed E-state index contributed by atoms with van der Waals surface area (Å²) >= 11 is 0. The monoisotopic (exact) mass is 211 g/mol. The Balaban J connectivity index is 1.78. The molecule has 0 N–H and O–H groups in total. The maximum atomic E-state index is 11.5. The number of carbonyl (C=O) groups is 1. The van der Waals surface area contributed by atoms with Gasteiger partial charge in [0, 0.05) is 12.8 Å². The van der Waals surface area contributed by atoms with E-state index in [-0.39, 0.29) is 0 Å². The van der Waals surface area contributed by atoms with E-state index in [1.165, 1.54) is 30.1 Å². The average Bonchev–Trinajstić information content (AvgIpc) is 2.69. The van der Waals surface area contributed by atoms with Gasteiger partial charge in [0.2, 0.25) is 0 Å². The van der Waals surface area contributed by atoms with E-state index in [0.29, 0.717) is 16.7 Å². The van der Waals surface area contributed by atoms with Crippen molar-refractivity contribution in [1.29, 1.82) is 0 Å². The van der Waals surface area contributed by atoms with Crippen molar-refractivity contribution >= 4 is 16.7 Å². The fourth-order valence-electron chi connectivity index (χ4n) is 2.23. The van der Waals surface area contributed by atoms with Crippen molar-refractivity contribution in [3.05, 3.63) is 11.6 Å². The zero-order chi connectivity index (χ0) is 9.80. The highest BCUT2D eigenvalue weighted by atomic mass is 32.2. The van der Waals surface area contributed by atoms with Gasteiger partial charge in [-0.05, 0) is 42.2 Å². The molecule has 0 unspecified atom stereocenters. The standard InChI is InChI=1S/C12H19OS/c13-12-6-2-1-5-11(12)7-10-14-8-3-4-9-14/h5H,1-4,6-10H2/q+1. The minimum atomic E-state index is 0.430. The summed E-state index contributed by atoms with van der Waals surface area (Å²) in [6.45, 7) is 0. The summed E-state index contributed by atoms with van der Waals surface area (Å²) in [5.74, 6) is 4.58. The van der Waals surface area contributed by atoms with E-state index in [1.54, 1.807) is 0 Å². The van der Waals surface area contributed by atoms with E-state index < -0.39 is 0 Å². The topological polar surface area (TPSA) is 17.1 Å². The van der Waals surface area contributed by atoms with Crippen LogP contribution < -0.4 is 0 Å². The van der Waals surface area contributed by atoms with Crippen LogP contribution in [0.4, 0.5) is 0 Å². The van der Waals surface area contributed by atoms with Gasteiger partial charge in [-0.3, -0.25) is 4.79 Å². The summed E-state index contributed by atoms with van der Waals surface area (Å²) in [5, 5.41) is 0. The SMILES string of the molecule is O=C1CCCC=C1CC[S+]1CCCC1. The number of hydrogen-bond donors (Lipinski definition) is 0. The number of hydrogen-bond acceptors (Lipinski definition) is 1. The zero-order valence-electron chi connectivity index (χ0n) is 8.76. The molecule has 2 aliphatic rings. The molecule has 1 fully saturated rings. The summed E-state index contributed by atoms with van der Waals surface area (Å²) in [4.78, 5) is 11.5. The minimum Gasteiger partial charge on any atom is -0.295 e. The minimum absolute atomic E-state index is 0.430. The van der Waals surface area contributed by atoms with E-state index in [9.17, 15) is 4.79 Å². The van der Waals surface area contributed by atoms with Crippen molar-refractivity contribution < 1.29 is 4.79 Å². The van der Waals surface area contributed by atoms with Gasteiger partial charge in [0.05, 0.1) is 0 Å². The maximum absolute atomic E-state index is 11.5. The second kappa shape index (κ2) is 5.01. The molecule has 14 heavy (non-hydrogen) atoms. The summed E-state index contributed by atoms with van der Waals surface area (Å²) in [6.07, 6.45) is 9.13. The molecule has 1 saturated heterocycles. The lowest BCUT2D eigenvalue weighted by Gasteiger charge is -2.10. The van der Waals surface area contributed by atoms with Crippen LogP contribution >= 0.6 is 0 Å². The summed E-state index contributed by atoms with van der Waals surface area (Å²) in [5.41, 5.74) is 1.15. The van der Waals surface area contributed by atoms with Crippen molar-refractivity contribution in [2.75, 3.05) is 17.3 Å². The number of Topliss-reactive ketones (excluding diaryl/α,β-unsaturated/α-hetero) is 1. The molecule has 0 aromatic heterocycles. The van der Waals surface area contributed by atoms with Gasteiger partial charge < -0.3 is 0 Å². The summed E-state index contributed by atoms with van der Waals surface area (Å²) in [7, 11) is 0.663. The lowest BCUT2D eigenvalue weighted by atomic mass is 9.96. The number of carbonyl (C=O) groups excluding carboxylic acids is 1. The Morgan fingerprint density at radius 1 is 1.21 bits per heavy atom. The first-order chi connectivity index (χ1) is 6.86. The van der Waals surface area contributed by atoms with Crippen LogP contribution in [0.15, 0.2) is 11.6 Å². The van der Waals surface area contributed by atoms with Gasteiger partial charge in [0.25, 0.3) is 0 Å². The van der Waals surface area contributed by atoms with Gasteiger partial charge >= 0.3 is 0 Å². The first kappa shape index (κ1) is 10.3. The van der Waals surface area contributed by atoms with Crippen LogP contribution in [0.5, 0.6) is 0 Å². The normalized spacial score (nSPS) is 24.0. The van der Waals surface area contributed by atoms with Gasteiger partial charge in [0.1, 0.15) is 17.3 Å². The highest BCUT2D eigenvalue weighted by Gasteiger charge is 2.25. The van der Waals surface area contributed by atoms with Gasteiger partial charge in [-0.2, -0.15) is 0 Å². The Morgan fingerprint density at radius 2 is 2.00 bits per heavy atom. The van der Waals surface area contributed by atoms with Crippen LogP contribution in [0.2, 0.25) is 0 Å². The van der Waals surface area contributed by atoms with E-state index in [0.717, 1.165) is 31.3 Å². The third kappa shape index (κ3) is 2.63. The Labute approximate surface area is 89.3 Å². The maximum Gasteiger partial charge on any atom is 0.158 e. The number of allylic oxidation sites excluding steroid dienone is 2. The van der Waals surface area contributed by atoms with Crippen LogP contribution in [0, 0.1) is 0 Å². The molecule has 0 aromatic rings. The molecule has 1 aliphatic carbocycles. The molecule has 0 spiro atoms. The lowest BCUT2D eigenvalue weighted by molar-refractivity contribution is -0.116. The molecule has 0 radical (unpaired) electrons. The van der Waals surface area contributed by atoms with E-state index in [2.05, 4.69) is 6.08 Å². The molecule has 0 aromatic carbocycles. The Kier molecular flexibility index (Phi) is 3.68. The van der Waals surface area contributed by atoms with Gasteiger partial charge in [-0.1, -0.05) is 6.08 Å². The smallest absolute Gasteiger partial charge is 0.158 e. The van der Waals surface area contributed by atoms with Crippen molar-refractivity contribution in [2.24, 2.45) is 0 Å². The largest absolute Gasteiger partial charge is 0.295 e. The van der Waals surface area contributed by atoms with E-state index in [4.69, 9.17) is 0 Å². The second-order valence-electron chi connectivity index (χ2n) is 4.23. The fourth-order valence-corrected chi connectivity index (χ4v) is 4.57. The third-order valence-corrected chi connectivity index (χ3v) is 5.65. The number of rotatable bonds is 3. The van der Waals surface area contributed by atoms with Crippen LogP contribution in [0.3, 0.4) is 0 Å². The molecular weight excluding hydrogens is 192 g/mol. The highest BCUT2D eigenvalue weighted by Crippen LogP contribution is 2.20. The van der Waals surface area contributed by atoms with Crippen LogP contribution in [0.1, 0.15) is 38.5 Å². The van der Waals surface area contributed by atoms with Gasteiger partial charge in [-0.15, -0.1) is 0 Å². The van der Waals surface area contributed by atoms with Crippen molar-refractivity contribution in [3.63, 3.8) is 0 Å². The number of ketones is 1. The Morgan fingerprint density at radius 3 is 2.71 bits per heavy atom. The van der Waals surface area contributed by atoms with Crippen molar-refractivity contribution in [2.45, 2.75) is 38.5 Å². The molecule has 1 nitrogen and oxygen atoms in total. The molecule has 2 heteroatoms. The van der Waals surface area contributed by atoms with Crippen LogP contribution in [0.25, 0.3) is 0 Å².